The van der Waals surface area contributed by atoms with Gasteiger partial charge in [0.2, 0.25) is 0 Å². The molecule has 2 amide bonds. The molecule has 0 bridgehead atoms. The topological polar surface area (TPSA) is 32.3 Å². The second-order valence-electron chi connectivity index (χ2n) is 5.39. The fraction of sp³-hybridized carbons (Fsp3) is 0.533. The van der Waals surface area contributed by atoms with Crippen molar-refractivity contribution in [2.45, 2.75) is 32.7 Å². The van der Waals surface area contributed by atoms with Crippen LogP contribution >= 0.6 is 11.6 Å². The maximum atomic E-state index is 12.2. The highest BCUT2D eigenvalue weighted by molar-refractivity contribution is 6.31. The van der Waals surface area contributed by atoms with Crippen molar-refractivity contribution in [3.8, 4) is 0 Å². The molecule has 0 aliphatic carbocycles. The Hall–Kier alpha value is -1.22. The number of hydrogen-bond acceptors (Lipinski definition) is 1. The van der Waals surface area contributed by atoms with Crippen molar-refractivity contribution >= 4 is 17.6 Å². The molecule has 1 aliphatic rings. The second-order valence-corrected chi connectivity index (χ2v) is 5.79. The Labute approximate surface area is 119 Å². The molecule has 0 saturated carbocycles. The fourth-order valence-corrected chi connectivity index (χ4v) is 2.85. The van der Waals surface area contributed by atoms with Crippen LogP contribution in [0.5, 0.6) is 0 Å². The van der Waals surface area contributed by atoms with Gasteiger partial charge in [0.05, 0.1) is 6.04 Å². The van der Waals surface area contributed by atoms with Crippen LogP contribution in [0.1, 0.15) is 38.3 Å². The molecule has 1 aliphatic heterocycles. The number of rotatable bonds is 2. The molecule has 0 radical (unpaired) electrons. The van der Waals surface area contributed by atoms with Crippen LogP contribution < -0.4 is 5.32 Å². The van der Waals surface area contributed by atoms with E-state index in [9.17, 15) is 4.79 Å². The lowest BCUT2D eigenvalue weighted by Crippen LogP contribution is -2.45. The first-order valence-electron chi connectivity index (χ1n) is 6.88. The average Bonchev–Trinajstić information content (AvgIpc) is 2.39. The van der Waals surface area contributed by atoms with E-state index in [4.69, 9.17) is 11.6 Å². The van der Waals surface area contributed by atoms with Crippen LogP contribution in [0, 0.1) is 5.92 Å². The highest BCUT2D eigenvalue weighted by atomic mass is 35.5. The summed E-state index contributed by atoms with van der Waals surface area (Å²) in [6, 6.07) is 7.58. The van der Waals surface area contributed by atoms with E-state index in [-0.39, 0.29) is 12.1 Å². The van der Waals surface area contributed by atoms with Gasteiger partial charge in [0.15, 0.2) is 0 Å². The first-order chi connectivity index (χ1) is 9.08. The van der Waals surface area contributed by atoms with Crippen LogP contribution in [-0.4, -0.2) is 24.0 Å². The normalized spacial score (nSPS) is 21.0. The van der Waals surface area contributed by atoms with E-state index < -0.39 is 0 Å². The summed E-state index contributed by atoms with van der Waals surface area (Å²) in [5.41, 5.74) is 0.961. The molecule has 2 atom stereocenters. The van der Waals surface area contributed by atoms with Crippen molar-refractivity contribution in [2.75, 3.05) is 13.1 Å². The first kappa shape index (κ1) is 14.2. The molecule has 1 saturated heterocycles. The van der Waals surface area contributed by atoms with E-state index in [2.05, 4.69) is 12.2 Å². The molecule has 1 fully saturated rings. The first-order valence-corrected chi connectivity index (χ1v) is 7.25. The summed E-state index contributed by atoms with van der Waals surface area (Å²) in [5, 5.41) is 3.73. The van der Waals surface area contributed by atoms with Crippen LogP contribution in [0.25, 0.3) is 0 Å². The number of benzene rings is 1. The van der Waals surface area contributed by atoms with E-state index >= 15 is 0 Å². The Morgan fingerprint density at radius 2 is 2.21 bits per heavy atom. The lowest BCUT2D eigenvalue weighted by molar-refractivity contribution is 0.167. The van der Waals surface area contributed by atoms with Crippen molar-refractivity contribution in [1.29, 1.82) is 0 Å². The number of hydrogen-bond donors (Lipinski definition) is 1. The molecule has 1 aromatic rings. The third kappa shape index (κ3) is 3.63. The van der Waals surface area contributed by atoms with Gasteiger partial charge in [-0.2, -0.15) is 0 Å². The van der Waals surface area contributed by atoms with E-state index in [1.807, 2.05) is 36.1 Å². The molecule has 19 heavy (non-hydrogen) atoms. The zero-order chi connectivity index (χ0) is 13.8. The summed E-state index contributed by atoms with van der Waals surface area (Å²) >= 11 is 6.15. The SMILES string of the molecule is CC1CCCN(C(=O)NC(C)c2ccccc2Cl)C1. The van der Waals surface area contributed by atoms with Gasteiger partial charge in [0.25, 0.3) is 0 Å². The quantitative estimate of drug-likeness (QED) is 0.877. The molecule has 0 spiro atoms. The Morgan fingerprint density at radius 1 is 1.47 bits per heavy atom. The smallest absolute Gasteiger partial charge is 0.317 e. The number of nitrogens with zero attached hydrogens (tertiary/aromatic N) is 1. The number of likely N-dealkylation sites (tertiary alicyclic amines) is 1. The van der Waals surface area contributed by atoms with Gasteiger partial charge in [-0.1, -0.05) is 36.7 Å². The zero-order valence-electron chi connectivity index (χ0n) is 11.5. The maximum absolute atomic E-state index is 12.2. The molecule has 2 rings (SSSR count). The van der Waals surface area contributed by atoms with Gasteiger partial charge in [-0.3, -0.25) is 0 Å². The monoisotopic (exact) mass is 280 g/mol. The third-order valence-electron chi connectivity index (χ3n) is 3.66. The zero-order valence-corrected chi connectivity index (χ0v) is 12.3. The fourth-order valence-electron chi connectivity index (χ4n) is 2.55. The molecule has 1 aromatic carbocycles. The standard InChI is InChI=1S/C15H21ClN2O/c1-11-6-5-9-18(10-11)15(19)17-12(2)13-7-3-4-8-14(13)16/h3-4,7-8,11-12H,5-6,9-10H2,1-2H3,(H,17,19). The molecule has 1 heterocycles. The lowest BCUT2D eigenvalue weighted by atomic mass is 10.0. The van der Waals surface area contributed by atoms with E-state index in [0.29, 0.717) is 10.9 Å². The van der Waals surface area contributed by atoms with Crippen LogP contribution in [0.2, 0.25) is 5.02 Å². The Kier molecular flexibility index (Phi) is 4.70. The van der Waals surface area contributed by atoms with Gasteiger partial charge in [-0.05, 0) is 37.3 Å². The largest absolute Gasteiger partial charge is 0.331 e. The number of urea groups is 1. The number of carbonyl (C=O) groups is 1. The van der Waals surface area contributed by atoms with Gasteiger partial charge in [-0.25, -0.2) is 4.79 Å². The minimum absolute atomic E-state index is 0.0129. The van der Waals surface area contributed by atoms with Gasteiger partial charge >= 0.3 is 6.03 Å². The number of carbonyl (C=O) groups excluding carboxylic acids is 1. The number of amides is 2. The molecule has 1 N–H and O–H groups in total. The van der Waals surface area contributed by atoms with Crippen molar-refractivity contribution in [3.63, 3.8) is 0 Å². The Morgan fingerprint density at radius 3 is 2.89 bits per heavy atom. The maximum Gasteiger partial charge on any atom is 0.317 e. The van der Waals surface area contributed by atoms with Gasteiger partial charge in [-0.15, -0.1) is 0 Å². The van der Waals surface area contributed by atoms with E-state index in [1.54, 1.807) is 0 Å². The molecular weight excluding hydrogens is 260 g/mol. The van der Waals surface area contributed by atoms with Crippen molar-refractivity contribution in [2.24, 2.45) is 5.92 Å². The summed E-state index contributed by atoms with van der Waals surface area (Å²) in [7, 11) is 0. The van der Waals surface area contributed by atoms with Crippen molar-refractivity contribution < 1.29 is 4.79 Å². The number of piperidine rings is 1. The molecule has 2 unspecified atom stereocenters. The van der Waals surface area contributed by atoms with Crippen LogP contribution in [0.3, 0.4) is 0 Å². The Balaban J connectivity index is 1.97. The minimum Gasteiger partial charge on any atom is -0.331 e. The molecule has 104 valence electrons. The van der Waals surface area contributed by atoms with Crippen molar-refractivity contribution in [1.82, 2.24) is 10.2 Å². The number of nitrogens with one attached hydrogen (secondary N) is 1. The number of halogens is 1. The van der Waals surface area contributed by atoms with Crippen LogP contribution in [-0.2, 0) is 0 Å². The summed E-state index contributed by atoms with van der Waals surface area (Å²) in [6.07, 6.45) is 2.30. The van der Waals surface area contributed by atoms with E-state index in [1.165, 1.54) is 6.42 Å². The van der Waals surface area contributed by atoms with Crippen LogP contribution in [0.15, 0.2) is 24.3 Å². The summed E-state index contributed by atoms with van der Waals surface area (Å²) in [6.45, 7) is 5.86. The molecule has 3 nitrogen and oxygen atoms in total. The molecular formula is C15H21ClN2O. The third-order valence-corrected chi connectivity index (χ3v) is 4.00. The van der Waals surface area contributed by atoms with Crippen molar-refractivity contribution in [3.05, 3.63) is 34.9 Å². The second kappa shape index (κ2) is 6.29. The Bertz CT molecular complexity index is 450. The predicted molar refractivity (Wildman–Crippen MR) is 78.4 cm³/mol. The predicted octanol–water partition coefficient (Wildman–Crippen LogP) is 3.84. The van der Waals surface area contributed by atoms with Gasteiger partial charge < -0.3 is 10.2 Å². The minimum atomic E-state index is -0.0709. The van der Waals surface area contributed by atoms with Gasteiger partial charge in [0.1, 0.15) is 0 Å². The summed E-state index contributed by atoms with van der Waals surface area (Å²) in [4.78, 5) is 14.1. The van der Waals surface area contributed by atoms with E-state index in [0.717, 1.165) is 25.1 Å². The molecule has 4 heteroatoms. The lowest BCUT2D eigenvalue weighted by Gasteiger charge is -2.32. The summed E-state index contributed by atoms with van der Waals surface area (Å²) < 4.78 is 0. The average molecular weight is 281 g/mol. The summed E-state index contributed by atoms with van der Waals surface area (Å²) in [5.74, 6) is 0.593. The highest BCUT2D eigenvalue weighted by Gasteiger charge is 2.22. The van der Waals surface area contributed by atoms with Gasteiger partial charge in [0, 0.05) is 18.1 Å². The van der Waals surface area contributed by atoms with Crippen LogP contribution in [0.4, 0.5) is 4.79 Å². The highest BCUT2D eigenvalue weighted by Crippen LogP contribution is 2.23. The molecule has 0 aromatic heterocycles.